The lowest BCUT2D eigenvalue weighted by atomic mass is 10.1. The summed E-state index contributed by atoms with van der Waals surface area (Å²) in [7, 11) is 1.34. The third-order valence-corrected chi connectivity index (χ3v) is 3.25. The van der Waals surface area contributed by atoms with E-state index in [0.717, 1.165) is 0 Å². The Hall–Kier alpha value is -2.35. The van der Waals surface area contributed by atoms with Crippen molar-refractivity contribution in [2.45, 2.75) is 13.0 Å². The molecule has 1 aliphatic rings. The number of hydrogen-bond acceptors (Lipinski definition) is 5. The van der Waals surface area contributed by atoms with Gasteiger partial charge in [-0.3, -0.25) is 4.79 Å². The molecule has 1 aromatic rings. The van der Waals surface area contributed by atoms with Gasteiger partial charge in [-0.2, -0.15) is 0 Å². The van der Waals surface area contributed by atoms with Crippen LogP contribution in [0.2, 0.25) is 0 Å². The lowest BCUT2D eigenvalue weighted by molar-refractivity contribution is -0.119. The molecule has 0 radical (unpaired) electrons. The molecule has 2 rings (SSSR count). The molecule has 120 valence electrons. The Kier molecular flexibility index (Phi) is 5.16. The number of amides is 1. The third kappa shape index (κ3) is 3.85. The van der Waals surface area contributed by atoms with Gasteiger partial charge >= 0.3 is 0 Å². The summed E-state index contributed by atoms with van der Waals surface area (Å²) < 4.78 is 19.6. The number of halogens is 1. The van der Waals surface area contributed by atoms with E-state index < -0.39 is 5.82 Å². The summed E-state index contributed by atoms with van der Waals surface area (Å²) >= 11 is 0. The first kappa shape index (κ1) is 16.0. The number of nitrogens with two attached hydrogens (primary N) is 1. The molecule has 1 saturated heterocycles. The molecule has 0 spiro atoms. The van der Waals surface area contributed by atoms with Crippen LogP contribution in [0, 0.1) is 5.82 Å². The van der Waals surface area contributed by atoms with E-state index in [0.29, 0.717) is 25.5 Å². The minimum atomic E-state index is -0.485. The number of nitrogens with zero attached hydrogens (tertiary/aromatic N) is 2. The zero-order valence-electron chi connectivity index (χ0n) is 12.5. The van der Waals surface area contributed by atoms with Gasteiger partial charge < -0.3 is 25.5 Å². The molecule has 0 aromatic heterocycles. The van der Waals surface area contributed by atoms with Gasteiger partial charge in [0, 0.05) is 25.7 Å². The van der Waals surface area contributed by atoms with Gasteiger partial charge in [0.2, 0.25) is 5.91 Å². The molecule has 1 atom stereocenters. The van der Waals surface area contributed by atoms with Crippen molar-refractivity contribution in [1.82, 2.24) is 5.32 Å². The van der Waals surface area contributed by atoms with Crippen LogP contribution in [-0.2, 0) is 14.4 Å². The van der Waals surface area contributed by atoms with E-state index in [1.54, 1.807) is 12.1 Å². The molecule has 1 heterocycles. The van der Waals surface area contributed by atoms with Crippen molar-refractivity contribution in [3.8, 4) is 0 Å². The zero-order chi connectivity index (χ0) is 16.1. The predicted octanol–water partition coefficient (Wildman–Crippen LogP) is 0.391. The molecule has 1 aromatic carbocycles. The number of ether oxygens (including phenoxy) is 1. The summed E-state index contributed by atoms with van der Waals surface area (Å²) in [6.07, 6.45) is -0.119. The largest absolute Gasteiger partial charge is 0.397 e. The van der Waals surface area contributed by atoms with Crippen LogP contribution in [0.4, 0.5) is 10.1 Å². The number of oxime groups is 1. The molecular formula is C14H19FN4O3. The highest BCUT2D eigenvalue weighted by molar-refractivity contribution is 5.97. The summed E-state index contributed by atoms with van der Waals surface area (Å²) in [5.41, 5.74) is 6.46. The van der Waals surface area contributed by atoms with E-state index in [2.05, 4.69) is 15.3 Å². The first-order valence-corrected chi connectivity index (χ1v) is 6.78. The van der Waals surface area contributed by atoms with E-state index in [-0.39, 0.29) is 23.4 Å². The lowest BCUT2D eigenvalue weighted by Crippen LogP contribution is -2.33. The van der Waals surface area contributed by atoms with Crippen molar-refractivity contribution >= 4 is 17.4 Å². The van der Waals surface area contributed by atoms with Crippen molar-refractivity contribution in [2.24, 2.45) is 10.9 Å². The molecule has 8 heteroatoms. The van der Waals surface area contributed by atoms with E-state index in [1.165, 1.54) is 20.1 Å². The molecule has 7 nitrogen and oxygen atoms in total. The lowest BCUT2D eigenvalue weighted by Gasteiger charge is -2.17. The van der Waals surface area contributed by atoms with Crippen LogP contribution in [0.5, 0.6) is 0 Å². The van der Waals surface area contributed by atoms with Crippen molar-refractivity contribution in [3.63, 3.8) is 0 Å². The summed E-state index contributed by atoms with van der Waals surface area (Å²) in [4.78, 5) is 17.3. The Balaban J connectivity index is 2.03. The van der Waals surface area contributed by atoms with Gasteiger partial charge in [-0.15, -0.1) is 0 Å². The molecule has 1 aliphatic heterocycles. The molecule has 3 N–H and O–H groups in total. The summed E-state index contributed by atoms with van der Waals surface area (Å²) in [6.45, 7) is 2.79. The Labute approximate surface area is 127 Å². The maximum Gasteiger partial charge on any atom is 0.216 e. The van der Waals surface area contributed by atoms with Crippen molar-refractivity contribution in [1.29, 1.82) is 0 Å². The highest BCUT2D eigenvalue weighted by Crippen LogP contribution is 2.22. The number of benzene rings is 1. The SMILES string of the molecule is CO/N=C(\N)c1ccc(N2CO[C@@H](CNC(C)=O)C2)cc1F. The van der Waals surface area contributed by atoms with Crippen LogP contribution in [0.25, 0.3) is 0 Å². The predicted molar refractivity (Wildman–Crippen MR) is 79.9 cm³/mol. The summed E-state index contributed by atoms with van der Waals surface area (Å²) in [5.74, 6) is -0.612. The van der Waals surface area contributed by atoms with Gasteiger partial charge in [-0.1, -0.05) is 5.16 Å². The maximum absolute atomic E-state index is 14.1. The molecule has 0 bridgehead atoms. The monoisotopic (exact) mass is 310 g/mol. The van der Waals surface area contributed by atoms with Crippen molar-refractivity contribution in [3.05, 3.63) is 29.6 Å². The average molecular weight is 310 g/mol. The Morgan fingerprint density at radius 2 is 2.41 bits per heavy atom. The van der Waals surface area contributed by atoms with Crippen LogP contribution in [0.15, 0.2) is 23.4 Å². The zero-order valence-corrected chi connectivity index (χ0v) is 12.5. The van der Waals surface area contributed by atoms with Gasteiger partial charge in [0.05, 0.1) is 11.7 Å². The van der Waals surface area contributed by atoms with E-state index >= 15 is 0 Å². The highest BCUT2D eigenvalue weighted by Gasteiger charge is 2.24. The standard InChI is InChI=1S/C14H19FN4O3/c1-9(20)17-6-11-7-19(8-22-11)10-3-4-12(13(15)5-10)14(16)18-21-2/h3-5,11H,6-8H2,1-2H3,(H2,16,18)(H,17,20)/t11-/m0/s1. The van der Waals surface area contributed by atoms with Gasteiger partial charge in [-0.25, -0.2) is 4.39 Å². The fourth-order valence-electron chi connectivity index (χ4n) is 2.16. The normalized spacial score (nSPS) is 18.4. The van der Waals surface area contributed by atoms with E-state index in [1.807, 2.05) is 4.90 Å². The molecule has 0 unspecified atom stereocenters. The number of amidine groups is 1. The third-order valence-electron chi connectivity index (χ3n) is 3.25. The second-order valence-corrected chi connectivity index (χ2v) is 4.90. The number of anilines is 1. The van der Waals surface area contributed by atoms with Gasteiger partial charge in [0.25, 0.3) is 0 Å². The van der Waals surface area contributed by atoms with Crippen LogP contribution in [0.3, 0.4) is 0 Å². The fourth-order valence-corrected chi connectivity index (χ4v) is 2.16. The van der Waals surface area contributed by atoms with Crippen molar-refractivity contribution in [2.75, 3.05) is 31.8 Å². The van der Waals surface area contributed by atoms with E-state index in [4.69, 9.17) is 10.5 Å². The first-order valence-electron chi connectivity index (χ1n) is 6.78. The average Bonchev–Trinajstić information content (AvgIpc) is 2.94. The minimum absolute atomic E-state index is 0.0206. The van der Waals surface area contributed by atoms with Gasteiger partial charge in [-0.05, 0) is 18.2 Å². The Morgan fingerprint density at radius 1 is 1.64 bits per heavy atom. The second kappa shape index (κ2) is 7.08. The summed E-state index contributed by atoms with van der Waals surface area (Å²) in [5, 5.41) is 6.21. The minimum Gasteiger partial charge on any atom is -0.397 e. The van der Waals surface area contributed by atoms with Crippen LogP contribution >= 0.6 is 0 Å². The number of carbonyl (C=O) groups is 1. The Morgan fingerprint density at radius 3 is 3.05 bits per heavy atom. The van der Waals surface area contributed by atoms with Gasteiger partial charge in [0.15, 0.2) is 5.84 Å². The molecule has 0 saturated carbocycles. The fraction of sp³-hybridized carbons (Fsp3) is 0.429. The van der Waals surface area contributed by atoms with Crippen LogP contribution < -0.4 is 16.0 Å². The first-order chi connectivity index (χ1) is 10.5. The number of rotatable bonds is 5. The smallest absolute Gasteiger partial charge is 0.216 e. The van der Waals surface area contributed by atoms with Gasteiger partial charge in [0.1, 0.15) is 19.7 Å². The molecular weight excluding hydrogens is 291 g/mol. The summed E-state index contributed by atoms with van der Waals surface area (Å²) in [6, 6.07) is 4.65. The maximum atomic E-state index is 14.1. The van der Waals surface area contributed by atoms with E-state index in [9.17, 15) is 9.18 Å². The topological polar surface area (TPSA) is 89.2 Å². The van der Waals surface area contributed by atoms with Crippen molar-refractivity contribution < 1.29 is 18.8 Å². The Bertz CT molecular complexity index is 579. The number of nitrogens with one attached hydrogen (secondary N) is 1. The van der Waals surface area contributed by atoms with Crippen LogP contribution in [0.1, 0.15) is 12.5 Å². The molecule has 1 amide bonds. The molecule has 22 heavy (non-hydrogen) atoms. The van der Waals surface area contributed by atoms with Crippen LogP contribution in [-0.4, -0.2) is 44.8 Å². The molecule has 1 fully saturated rings. The second-order valence-electron chi connectivity index (χ2n) is 4.90. The number of hydrogen-bond donors (Lipinski definition) is 2. The molecule has 0 aliphatic carbocycles. The number of carbonyl (C=O) groups excluding carboxylic acids is 1. The quantitative estimate of drug-likeness (QED) is 0.466. The highest BCUT2D eigenvalue weighted by atomic mass is 19.1.